The first-order valence-electron chi connectivity index (χ1n) is 6.26. The SMILES string of the molecule is Cc1ccc(CNCCNC2CC2)c(C)c1. The molecular weight excluding hydrogens is 196 g/mol. The lowest BCUT2D eigenvalue weighted by atomic mass is 10.1. The fraction of sp³-hybridized carbons (Fsp3) is 0.571. The maximum Gasteiger partial charge on any atom is 0.0208 e. The van der Waals surface area contributed by atoms with E-state index in [1.807, 2.05) is 0 Å². The van der Waals surface area contributed by atoms with Crippen molar-refractivity contribution in [1.29, 1.82) is 0 Å². The van der Waals surface area contributed by atoms with Gasteiger partial charge in [0.2, 0.25) is 0 Å². The minimum Gasteiger partial charge on any atom is -0.313 e. The molecule has 1 saturated carbocycles. The quantitative estimate of drug-likeness (QED) is 0.715. The maximum absolute atomic E-state index is 3.50. The summed E-state index contributed by atoms with van der Waals surface area (Å²) in [7, 11) is 0. The number of rotatable bonds is 6. The normalized spacial score (nSPS) is 15.4. The van der Waals surface area contributed by atoms with Gasteiger partial charge in [-0.05, 0) is 37.8 Å². The fourth-order valence-electron chi connectivity index (χ4n) is 1.92. The minimum absolute atomic E-state index is 0.822. The van der Waals surface area contributed by atoms with E-state index in [9.17, 15) is 0 Å². The zero-order valence-corrected chi connectivity index (χ0v) is 10.3. The first-order valence-corrected chi connectivity index (χ1v) is 6.26. The molecule has 1 aliphatic rings. The molecule has 0 aromatic heterocycles. The van der Waals surface area contributed by atoms with Crippen molar-refractivity contribution in [3.63, 3.8) is 0 Å². The molecule has 2 rings (SSSR count). The van der Waals surface area contributed by atoms with E-state index in [1.165, 1.54) is 29.5 Å². The van der Waals surface area contributed by atoms with Crippen LogP contribution in [-0.2, 0) is 6.54 Å². The first-order chi connectivity index (χ1) is 7.75. The van der Waals surface area contributed by atoms with Crippen molar-refractivity contribution < 1.29 is 0 Å². The average molecular weight is 218 g/mol. The summed E-state index contributed by atoms with van der Waals surface area (Å²) in [6.07, 6.45) is 2.74. The van der Waals surface area contributed by atoms with Gasteiger partial charge in [-0.3, -0.25) is 0 Å². The van der Waals surface area contributed by atoms with E-state index < -0.39 is 0 Å². The molecule has 1 aromatic rings. The summed E-state index contributed by atoms with van der Waals surface area (Å²) in [4.78, 5) is 0. The van der Waals surface area contributed by atoms with Crippen LogP contribution in [0.25, 0.3) is 0 Å². The van der Waals surface area contributed by atoms with Gasteiger partial charge < -0.3 is 10.6 Å². The molecule has 1 aromatic carbocycles. The zero-order chi connectivity index (χ0) is 11.4. The number of aryl methyl sites for hydroxylation is 2. The van der Waals surface area contributed by atoms with Gasteiger partial charge in [0.25, 0.3) is 0 Å². The Morgan fingerprint density at radius 1 is 1.19 bits per heavy atom. The van der Waals surface area contributed by atoms with Crippen molar-refractivity contribution in [3.05, 3.63) is 34.9 Å². The van der Waals surface area contributed by atoms with Crippen LogP contribution in [0.3, 0.4) is 0 Å². The van der Waals surface area contributed by atoms with Gasteiger partial charge in [0.15, 0.2) is 0 Å². The Morgan fingerprint density at radius 2 is 2.00 bits per heavy atom. The third-order valence-electron chi connectivity index (χ3n) is 3.13. The predicted octanol–water partition coefficient (Wildman–Crippen LogP) is 2.15. The van der Waals surface area contributed by atoms with Crippen molar-refractivity contribution in [2.75, 3.05) is 13.1 Å². The summed E-state index contributed by atoms with van der Waals surface area (Å²) in [6.45, 7) is 7.47. The number of hydrogen-bond donors (Lipinski definition) is 2. The Labute approximate surface area is 98.4 Å². The third-order valence-corrected chi connectivity index (χ3v) is 3.13. The molecule has 88 valence electrons. The Morgan fingerprint density at radius 3 is 2.69 bits per heavy atom. The smallest absolute Gasteiger partial charge is 0.0208 e. The van der Waals surface area contributed by atoms with Crippen LogP contribution in [0.15, 0.2) is 18.2 Å². The number of nitrogens with one attached hydrogen (secondary N) is 2. The highest BCUT2D eigenvalue weighted by atomic mass is 15.0. The van der Waals surface area contributed by atoms with Crippen LogP contribution in [-0.4, -0.2) is 19.1 Å². The molecule has 2 nitrogen and oxygen atoms in total. The van der Waals surface area contributed by atoms with Crippen LogP contribution >= 0.6 is 0 Å². The molecule has 0 bridgehead atoms. The lowest BCUT2D eigenvalue weighted by Gasteiger charge is -2.09. The summed E-state index contributed by atoms with van der Waals surface area (Å²) >= 11 is 0. The highest BCUT2D eigenvalue weighted by Gasteiger charge is 2.19. The lowest BCUT2D eigenvalue weighted by Crippen LogP contribution is -2.28. The molecular formula is C14H22N2. The number of hydrogen-bond acceptors (Lipinski definition) is 2. The largest absolute Gasteiger partial charge is 0.313 e. The number of benzene rings is 1. The monoisotopic (exact) mass is 218 g/mol. The molecule has 2 N–H and O–H groups in total. The van der Waals surface area contributed by atoms with Gasteiger partial charge in [0.05, 0.1) is 0 Å². The third kappa shape index (κ3) is 3.62. The zero-order valence-electron chi connectivity index (χ0n) is 10.3. The van der Waals surface area contributed by atoms with Crippen molar-refractivity contribution in [3.8, 4) is 0 Å². The van der Waals surface area contributed by atoms with E-state index in [0.717, 1.165) is 25.7 Å². The molecule has 0 radical (unpaired) electrons. The summed E-state index contributed by atoms with van der Waals surface area (Å²) in [5.74, 6) is 0. The molecule has 1 aliphatic carbocycles. The predicted molar refractivity (Wildman–Crippen MR) is 68.6 cm³/mol. The summed E-state index contributed by atoms with van der Waals surface area (Å²) in [5, 5.41) is 6.99. The Bertz CT molecular complexity index is 343. The molecule has 0 heterocycles. The van der Waals surface area contributed by atoms with Gasteiger partial charge in [-0.15, -0.1) is 0 Å². The van der Waals surface area contributed by atoms with E-state index in [-0.39, 0.29) is 0 Å². The first kappa shape index (κ1) is 11.6. The van der Waals surface area contributed by atoms with Gasteiger partial charge in [0, 0.05) is 25.7 Å². The van der Waals surface area contributed by atoms with E-state index in [2.05, 4.69) is 42.7 Å². The molecule has 0 amide bonds. The van der Waals surface area contributed by atoms with E-state index >= 15 is 0 Å². The van der Waals surface area contributed by atoms with Crippen LogP contribution < -0.4 is 10.6 Å². The van der Waals surface area contributed by atoms with Gasteiger partial charge in [-0.25, -0.2) is 0 Å². The molecule has 0 spiro atoms. The molecule has 16 heavy (non-hydrogen) atoms. The van der Waals surface area contributed by atoms with E-state index in [1.54, 1.807) is 0 Å². The van der Waals surface area contributed by atoms with Crippen LogP contribution in [0.4, 0.5) is 0 Å². The van der Waals surface area contributed by atoms with Crippen molar-refractivity contribution in [1.82, 2.24) is 10.6 Å². The Kier molecular flexibility index (Phi) is 3.97. The summed E-state index contributed by atoms with van der Waals surface area (Å²) < 4.78 is 0. The molecule has 0 atom stereocenters. The van der Waals surface area contributed by atoms with Gasteiger partial charge >= 0.3 is 0 Å². The van der Waals surface area contributed by atoms with Gasteiger partial charge in [0.1, 0.15) is 0 Å². The Hall–Kier alpha value is -0.860. The molecule has 1 fully saturated rings. The van der Waals surface area contributed by atoms with E-state index in [4.69, 9.17) is 0 Å². The minimum atomic E-state index is 0.822. The highest BCUT2D eigenvalue weighted by Crippen LogP contribution is 2.17. The maximum atomic E-state index is 3.50. The average Bonchev–Trinajstić information content (AvgIpc) is 3.04. The van der Waals surface area contributed by atoms with Crippen LogP contribution in [0, 0.1) is 13.8 Å². The lowest BCUT2D eigenvalue weighted by molar-refractivity contribution is 0.607. The van der Waals surface area contributed by atoms with Gasteiger partial charge in [-0.1, -0.05) is 23.8 Å². The van der Waals surface area contributed by atoms with Gasteiger partial charge in [-0.2, -0.15) is 0 Å². The summed E-state index contributed by atoms with van der Waals surface area (Å²) in [5.41, 5.74) is 4.15. The van der Waals surface area contributed by atoms with Crippen molar-refractivity contribution >= 4 is 0 Å². The van der Waals surface area contributed by atoms with Crippen LogP contribution in [0.5, 0.6) is 0 Å². The standard InChI is InChI=1S/C14H22N2/c1-11-3-4-13(12(2)9-11)10-15-7-8-16-14-5-6-14/h3-4,9,14-16H,5-8,10H2,1-2H3. The second kappa shape index (κ2) is 5.46. The highest BCUT2D eigenvalue weighted by molar-refractivity contribution is 5.30. The molecule has 2 heteroatoms. The van der Waals surface area contributed by atoms with Crippen molar-refractivity contribution in [2.24, 2.45) is 0 Å². The molecule has 0 unspecified atom stereocenters. The molecule has 0 aliphatic heterocycles. The van der Waals surface area contributed by atoms with Crippen LogP contribution in [0.1, 0.15) is 29.5 Å². The second-order valence-corrected chi connectivity index (χ2v) is 4.84. The molecule has 0 saturated heterocycles. The summed E-state index contributed by atoms with van der Waals surface area (Å²) in [6, 6.07) is 7.49. The topological polar surface area (TPSA) is 24.1 Å². The second-order valence-electron chi connectivity index (χ2n) is 4.84. The van der Waals surface area contributed by atoms with Crippen molar-refractivity contribution in [2.45, 2.75) is 39.3 Å². The van der Waals surface area contributed by atoms with Crippen LogP contribution in [0.2, 0.25) is 0 Å². The Balaban J connectivity index is 1.67. The fourth-order valence-corrected chi connectivity index (χ4v) is 1.92. The van der Waals surface area contributed by atoms with E-state index in [0.29, 0.717) is 0 Å².